The van der Waals surface area contributed by atoms with E-state index in [2.05, 4.69) is 0 Å². The largest absolute Gasteiger partial charge is 0.416 e. The third kappa shape index (κ3) is 5.43. The maximum Gasteiger partial charge on any atom is 0.416 e. The second kappa shape index (κ2) is 9.09. The lowest BCUT2D eigenvalue weighted by atomic mass is 10.1. The third-order valence-electron chi connectivity index (χ3n) is 5.12. The van der Waals surface area contributed by atoms with Crippen LogP contribution < -0.4 is 0 Å². The van der Waals surface area contributed by atoms with Crippen molar-refractivity contribution in [2.75, 3.05) is 32.7 Å². The number of benzene rings is 1. The molecule has 0 spiro atoms. The first-order valence-electron chi connectivity index (χ1n) is 9.51. The minimum atomic E-state index is -4.52. The van der Waals surface area contributed by atoms with Crippen LogP contribution in [-0.2, 0) is 25.4 Å². The summed E-state index contributed by atoms with van der Waals surface area (Å²) in [5.41, 5.74) is -0.801. The molecule has 2 saturated heterocycles. The number of hydrogen-bond acceptors (Lipinski definition) is 4. The molecule has 0 atom stereocenters. The minimum absolute atomic E-state index is 0.0682. The summed E-state index contributed by atoms with van der Waals surface area (Å²) in [6.07, 6.45) is -1.94. The van der Waals surface area contributed by atoms with E-state index in [9.17, 15) is 32.3 Å². The average molecular weight is 458 g/mol. The molecule has 2 aliphatic rings. The van der Waals surface area contributed by atoms with Gasteiger partial charge in [0.1, 0.15) is 6.54 Å². The number of piperazine rings is 1. The summed E-state index contributed by atoms with van der Waals surface area (Å²) in [5.74, 6) is -1.54. The molecule has 166 valence electrons. The highest BCUT2D eigenvalue weighted by atomic mass is 35.5. The highest BCUT2D eigenvalue weighted by Gasteiger charge is 2.33. The Bertz CT molecular complexity index is 924. The van der Waals surface area contributed by atoms with E-state index in [1.165, 1.54) is 15.9 Å². The summed E-state index contributed by atoms with van der Waals surface area (Å²) in [4.78, 5) is 51.9. The molecular formula is C20H19ClF3N3O4. The first kappa shape index (κ1) is 22.8. The summed E-state index contributed by atoms with van der Waals surface area (Å²) in [6, 6.07) is 2.85. The van der Waals surface area contributed by atoms with Crippen LogP contribution in [0.5, 0.6) is 0 Å². The zero-order valence-electron chi connectivity index (χ0n) is 16.3. The van der Waals surface area contributed by atoms with Crippen LogP contribution in [0.3, 0.4) is 0 Å². The molecular weight excluding hydrogens is 439 g/mol. The smallest absolute Gasteiger partial charge is 0.338 e. The van der Waals surface area contributed by atoms with E-state index in [1.54, 1.807) is 0 Å². The molecule has 0 aliphatic carbocycles. The molecule has 0 unspecified atom stereocenters. The quantitative estimate of drug-likeness (QED) is 0.513. The zero-order valence-corrected chi connectivity index (χ0v) is 17.1. The Balaban J connectivity index is 1.55. The zero-order chi connectivity index (χ0) is 22.8. The molecule has 11 heteroatoms. The van der Waals surface area contributed by atoms with Crippen LogP contribution in [0.25, 0.3) is 6.08 Å². The van der Waals surface area contributed by atoms with Gasteiger partial charge in [0.05, 0.1) is 5.56 Å². The third-order valence-corrected chi connectivity index (χ3v) is 5.47. The number of rotatable bonds is 4. The highest BCUT2D eigenvalue weighted by molar-refractivity contribution is 6.32. The molecule has 0 saturated carbocycles. The van der Waals surface area contributed by atoms with Gasteiger partial charge in [-0.1, -0.05) is 11.6 Å². The molecule has 4 amide bonds. The lowest BCUT2D eigenvalue weighted by Gasteiger charge is -2.34. The van der Waals surface area contributed by atoms with Gasteiger partial charge in [-0.05, 0) is 29.8 Å². The maximum absolute atomic E-state index is 12.8. The molecule has 3 rings (SSSR count). The number of imide groups is 1. The van der Waals surface area contributed by atoms with Crippen LogP contribution in [0.4, 0.5) is 13.2 Å². The van der Waals surface area contributed by atoms with E-state index in [0.717, 1.165) is 29.2 Å². The van der Waals surface area contributed by atoms with Crippen molar-refractivity contribution in [3.63, 3.8) is 0 Å². The van der Waals surface area contributed by atoms with E-state index < -0.39 is 17.6 Å². The molecule has 2 heterocycles. The lowest BCUT2D eigenvalue weighted by molar-refractivity contribution is -0.146. The Morgan fingerprint density at radius 1 is 1.00 bits per heavy atom. The first-order chi connectivity index (χ1) is 14.6. The van der Waals surface area contributed by atoms with Crippen LogP contribution in [0.2, 0.25) is 5.02 Å². The van der Waals surface area contributed by atoms with Gasteiger partial charge in [-0.15, -0.1) is 0 Å². The Morgan fingerprint density at radius 2 is 1.58 bits per heavy atom. The Labute approximate surface area is 181 Å². The number of carbonyl (C=O) groups is 4. The van der Waals surface area contributed by atoms with Gasteiger partial charge < -0.3 is 9.80 Å². The number of hydrogen-bond donors (Lipinski definition) is 0. The number of amides is 4. The number of alkyl halides is 3. The van der Waals surface area contributed by atoms with Gasteiger partial charge in [0.15, 0.2) is 0 Å². The average Bonchev–Trinajstić information content (AvgIpc) is 3.04. The highest BCUT2D eigenvalue weighted by Crippen LogP contribution is 2.32. The molecule has 0 aromatic heterocycles. The van der Waals surface area contributed by atoms with Gasteiger partial charge in [-0.25, -0.2) is 0 Å². The van der Waals surface area contributed by atoms with Crippen LogP contribution in [0.1, 0.15) is 24.0 Å². The Hall–Kier alpha value is -2.88. The molecule has 2 aliphatic heterocycles. The second-order valence-corrected chi connectivity index (χ2v) is 7.55. The maximum atomic E-state index is 12.8. The van der Waals surface area contributed by atoms with Crippen molar-refractivity contribution in [1.29, 1.82) is 0 Å². The van der Waals surface area contributed by atoms with Crippen LogP contribution in [0, 0.1) is 0 Å². The summed E-state index contributed by atoms with van der Waals surface area (Å²) in [7, 11) is 0. The van der Waals surface area contributed by atoms with Gasteiger partial charge in [0, 0.05) is 50.1 Å². The van der Waals surface area contributed by atoms with Crippen molar-refractivity contribution in [3.8, 4) is 0 Å². The molecule has 7 nitrogen and oxygen atoms in total. The van der Waals surface area contributed by atoms with Crippen LogP contribution in [-0.4, -0.2) is 71.1 Å². The number of carbonyl (C=O) groups excluding carboxylic acids is 4. The van der Waals surface area contributed by atoms with Crippen molar-refractivity contribution in [2.24, 2.45) is 0 Å². The lowest BCUT2D eigenvalue weighted by Crippen LogP contribution is -2.52. The van der Waals surface area contributed by atoms with Crippen molar-refractivity contribution < 1.29 is 32.3 Å². The predicted molar refractivity (Wildman–Crippen MR) is 105 cm³/mol. The molecule has 1 aromatic rings. The number of halogens is 4. The Morgan fingerprint density at radius 3 is 2.16 bits per heavy atom. The van der Waals surface area contributed by atoms with Crippen LogP contribution >= 0.6 is 11.6 Å². The van der Waals surface area contributed by atoms with E-state index in [4.69, 9.17) is 11.6 Å². The molecule has 0 radical (unpaired) electrons. The molecule has 0 N–H and O–H groups in total. The molecule has 0 bridgehead atoms. The second-order valence-electron chi connectivity index (χ2n) is 7.15. The molecule has 31 heavy (non-hydrogen) atoms. The standard InChI is InChI=1S/C20H19ClF3N3O4/c21-15-3-2-14(20(22,23)24)11-13(15)1-4-16(28)25-7-9-26(10-8-25)19(31)12-27-17(29)5-6-18(27)30/h1-4,11H,5-10,12H2/b4-1+. The predicted octanol–water partition coefficient (Wildman–Crippen LogP) is 2.19. The van der Waals surface area contributed by atoms with Crippen molar-refractivity contribution >= 4 is 41.3 Å². The molecule has 2 fully saturated rings. The summed E-state index contributed by atoms with van der Waals surface area (Å²) >= 11 is 5.92. The van der Waals surface area contributed by atoms with Crippen LogP contribution in [0.15, 0.2) is 24.3 Å². The van der Waals surface area contributed by atoms with E-state index in [-0.39, 0.29) is 73.9 Å². The van der Waals surface area contributed by atoms with Crippen molar-refractivity contribution in [2.45, 2.75) is 19.0 Å². The fourth-order valence-electron chi connectivity index (χ4n) is 3.32. The minimum Gasteiger partial charge on any atom is -0.338 e. The number of likely N-dealkylation sites (tertiary alicyclic amines) is 1. The summed E-state index contributed by atoms with van der Waals surface area (Å²) in [5, 5.41) is 0.0819. The Kier molecular flexibility index (Phi) is 6.68. The van der Waals surface area contributed by atoms with E-state index in [0.29, 0.717) is 0 Å². The topological polar surface area (TPSA) is 78.0 Å². The van der Waals surface area contributed by atoms with Gasteiger partial charge in [0.2, 0.25) is 23.6 Å². The van der Waals surface area contributed by atoms with E-state index in [1.807, 2.05) is 0 Å². The van der Waals surface area contributed by atoms with Crippen molar-refractivity contribution in [3.05, 3.63) is 40.4 Å². The van der Waals surface area contributed by atoms with Crippen molar-refractivity contribution in [1.82, 2.24) is 14.7 Å². The van der Waals surface area contributed by atoms with Gasteiger partial charge in [0.25, 0.3) is 0 Å². The summed E-state index contributed by atoms with van der Waals surface area (Å²) < 4.78 is 38.5. The summed E-state index contributed by atoms with van der Waals surface area (Å²) in [6.45, 7) is 0.567. The number of nitrogens with zero attached hydrogens (tertiary/aromatic N) is 3. The molecule has 1 aromatic carbocycles. The fraction of sp³-hybridized carbons (Fsp3) is 0.400. The van der Waals surface area contributed by atoms with E-state index >= 15 is 0 Å². The van der Waals surface area contributed by atoms with Gasteiger partial charge in [-0.3, -0.25) is 24.1 Å². The monoisotopic (exact) mass is 457 g/mol. The fourth-order valence-corrected chi connectivity index (χ4v) is 3.51. The normalized spacial score (nSPS) is 17.7. The van der Waals surface area contributed by atoms with Gasteiger partial charge >= 0.3 is 6.18 Å². The SMILES string of the molecule is O=C(/C=C/c1cc(C(F)(F)F)ccc1Cl)N1CCN(C(=O)CN2C(=O)CCC2=O)CC1. The van der Waals surface area contributed by atoms with Gasteiger partial charge in [-0.2, -0.15) is 13.2 Å². The first-order valence-corrected chi connectivity index (χ1v) is 9.89.